The average Bonchev–Trinajstić information content (AvgIpc) is 2.44. The van der Waals surface area contributed by atoms with E-state index in [4.69, 9.17) is 4.74 Å². The summed E-state index contributed by atoms with van der Waals surface area (Å²) in [5.41, 5.74) is 2.13. The fraction of sp³-hybridized carbons (Fsp3) is 0.375. The lowest BCUT2D eigenvalue weighted by molar-refractivity contribution is 0.291. The molecule has 106 valence electrons. The molecule has 1 heterocycles. The zero-order valence-electron chi connectivity index (χ0n) is 12.5. The summed E-state index contributed by atoms with van der Waals surface area (Å²) in [7, 11) is 1.85. The van der Waals surface area contributed by atoms with Gasteiger partial charge in [0.15, 0.2) is 5.82 Å². The highest BCUT2D eigenvalue weighted by Gasteiger charge is 2.08. The molecule has 0 spiro atoms. The van der Waals surface area contributed by atoms with Crippen molar-refractivity contribution in [2.75, 3.05) is 12.4 Å². The summed E-state index contributed by atoms with van der Waals surface area (Å²) in [6.07, 6.45) is 0. The lowest BCUT2D eigenvalue weighted by Crippen LogP contribution is -2.06. The summed E-state index contributed by atoms with van der Waals surface area (Å²) in [6.45, 7) is 6.64. The van der Waals surface area contributed by atoms with Crippen LogP contribution >= 0.6 is 0 Å². The highest BCUT2D eigenvalue weighted by atomic mass is 16.5. The summed E-state index contributed by atoms with van der Waals surface area (Å²) in [5.74, 6) is 2.83. The van der Waals surface area contributed by atoms with E-state index in [1.54, 1.807) is 0 Å². The second-order valence-corrected chi connectivity index (χ2v) is 5.04. The Morgan fingerprint density at radius 1 is 1.20 bits per heavy atom. The van der Waals surface area contributed by atoms with E-state index in [0.717, 1.165) is 17.3 Å². The molecule has 0 amide bonds. The second-order valence-electron chi connectivity index (χ2n) is 5.04. The van der Waals surface area contributed by atoms with Gasteiger partial charge in [-0.1, -0.05) is 32.0 Å². The molecule has 0 atom stereocenters. The van der Waals surface area contributed by atoms with Crippen LogP contribution < -0.4 is 10.1 Å². The minimum Gasteiger partial charge on any atom is -0.485 e. The molecule has 1 aromatic heterocycles. The number of nitrogens with one attached hydrogen (secondary N) is 1. The van der Waals surface area contributed by atoms with Gasteiger partial charge in [0, 0.05) is 18.8 Å². The zero-order chi connectivity index (χ0) is 14.5. The normalized spacial score (nSPS) is 10.7. The van der Waals surface area contributed by atoms with Crippen LogP contribution in [0.25, 0.3) is 0 Å². The quantitative estimate of drug-likeness (QED) is 0.903. The molecule has 0 saturated heterocycles. The van der Waals surface area contributed by atoms with Gasteiger partial charge >= 0.3 is 0 Å². The Morgan fingerprint density at radius 3 is 2.65 bits per heavy atom. The summed E-state index contributed by atoms with van der Waals surface area (Å²) >= 11 is 0. The first kappa shape index (κ1) is 14.3. The monoisotopic (exact) mass is 271 g/mol. The van der Waals surface area contributed by atoms with Gasteiger partial charge in [-0.15, -0.1) is 0 Å². The first-order valence-corrected chi connectivity index (χ1v) is 6.84. The van der Waals surface area contributed by atoms with Gasteiger partial charge in [0.2, 0.25) is 0 Å². The first-order valence-electron chi connectivity index (χ1n) is 6.84. The second kappa shape index (κ2) is 6.37. The fourth-order valence-corrected chi connectivity index (χ4v) is 2.05. The maximum atomic E-state index is 5.89. The molecule has 0 aliphatic heterocycles. The Balaban J connectivity index is 2.15. The molecule has 0 bridgehead atoms. The van der Waals surface area contributed by atoms with Crippen LogP contribution in [-0.4, -0.2) is 17.0 Å². The summed E-state index contributed by atoms with van der Waals surface area (Å²) < 4.78 is 5.89. The van der Waals surface area contributed by atoms with E-state index in [-0.39, 0.29) is 0 Å². The standard InChI is InChI=1S/C16H21N3O/c1-11(2)13-7-5-6-8-14(13)20-10-16-18-12(3)9-15(17-4)19-16/h5-9,11H,10H2,1-4H3,(H,17,18,19). The van der Waals surface area contributed by atoms with Crippen LogP contribution in [0.4, 0.5) is 5.82 Å². The third-order valence-electron chi connectivity index (χ3n) is 3.05. The smallest absolute Gasteiger partial charge is 0.168 e. The van der Waals surface area contributed by atoms with E-state index in [0.29, 0.717) is 18.3 Å². The molecule has 20 heavy (non-hydrogen) atoms. The molecule has 0 unspecified atom stereocenters. The number of anilines is 1. The lowest BCUT2D eigenvalue weighted by Gasteiger charge is -2.13. The number of aromatic nitrogens is 2. The molecule has 0 aliphatic carbocycles. The van der Waals surface area contributed by atoms with Crippen molar-refractivity contribution >= 4 is 5.82 Å². The average molecular weight is 271 g/mol. The molecule has 2 rings (SSSR count). The number of hydrogen-bond acceptors (Lipinski definition) is 4. The number of para-hydroxylation sites is 1. The molecular formula is C16H21N3O. The summed E-state index contributed by atoms with van der Waals surface area (Å²) in [5, 5.41) is 3.03. The third-order valence-corrected chi connectivity index (χ3v) is 3.05. The van der Waals surface area contributed by atoms with Crippen LogP contribution in [0.5, 0.6) is 5.75 Å². The molecule has 1 N–H and O–H groups in total. The number of aryl methyl sites for hydroxylation is 1. The molecule has 2 aromatic rings. The van der Waals surface area contributed by atoms with E-state index in [1.807, 2.05) is 38.2 Å². The number of nitrogens with zero attached hydrogens (tertiary/aromatic N) is 2. The van der Waals surface area contributed by atoms with Gasteiger partial charge in [0.05, 0.1) is 0 Å². The van der Waals surface area contributed by atoms with Crippen molar-refractivity contribution in [3.63, 3.8) is 0 Å². The highest BCUT2D eigenvalue weighted by molar-refractivity contribution is 5.36. The molecule has 4 heteroatoms. The minimum absolute atomic E-state index is 0.375. The maximum absolute atomic E-state index is 5.89. The summed E-state index contributed by atoms with van der Waals surface area (Å²) in [4.78, 5) is 8.79. The Morgan fingerprint density at radius 2 is 1.95 bits per heavy atom. The van der Waals surface area contributed by atoms with E-state index < -0.39 is 0 Å². The van der Waals surface area contributed by atoms with Gasteiger partial charge in [-0.2, -0.15) is 0 Å². The Hall–Kier alpha value is -2.10. The van der Waals surface area contributed by atoms with Crippen LogP contribution in [0, 0.1) is 6.92 Å². The van der Waals surface area contributed by atoms with Crippen LogP contribution in [-0.2, 0) is 6.61 Å². The predicted molar refractivity (Wildman–Crippen MR) is 81.2 cm³/mol. The van der Waals surface area contributed by atoms with E-state index in [1.165, 1.54) is 5.56 Å². The van der Waals surface area contributed by atoms with E-state index >= 15 is 0 Å². The van der Waals surface area contributed by atoms with Gasteiger partial charge < -0.3 is 10.1 Å². The van der Waals surface area contributed by atoms with Crippen LogP contribution in [0.2, 0.25) is 0 Å². The number of rotatable bonds is 5. The van der Waals surface area contributed by atoms with E-state index in [2.05, 4.69) is 35.2 Å². The van der Waals surface area contributed by atoms with Crippen LogP contribution in [0.1, 0.15) is 36.8 Å². The number of ether oxygens (including phenoxy) is 1. The lowest BCUT2D eigenvalue weighted by atomic mass is 10.0. The van der Waals surface area contributed by atoms with Crippen molar-refractivity contribution in [2.45, 2.75) is 33.3 Å². The summed E-state index contributed by atoms with van der Waals surface area (Å²) in [6, 6.07) is 10.0. The molecular weight excluding hydrogens is 250 g/mol. The first-order chi connectivity index (χ1) is 9.60. The van der Waals surface area contributed by atoms with Crippen molar-refractivity contribution in [1.82, 2.24) is 9.97 Å². The number of benzene rings is 1. The van der Waals surface area contributed by atoms with Crippen molar-refractivity contribution in [3.05, 3.63) is 47.4 Å². The van der Waals surface area contributed by atoms with Crippen molar-refractivity contribution in [1.29, 1.82) is 0 Å². The van der Waals surface area contributed by atoms with E-state index in [9.17, 15) is 0 Å². The third kappa shape index (κ3) is 3.47. The molecule has 0 saturated carbocycles. The van der Waals surface area contributed by atoms with Gasteiger partial charge in [0.1, 0.15) is 18.2 Å². The fourth-order valence-electron chi connectivity index (χ4n) is 2.05. The van der Waals surface area contributed by atoms with Gasteiger partial charge in [-0.05, 0) is 24.5 Å². The van der Waals surface area contributed by atoms with Gasteiger partial charge in [-0.25, -0.2) is 9.97 Å². The Bertz CT molecular complexity index is 582. The van der Waals surface area contributed by atoms with Crippen LogP contribution in [0.15, 0.2) is 30.3 Å². The largest absolute Gasteiger partial charge is 0.485 e. The minimum atomic E-state index is 0.375. The topological polar surface area (TPSA) is 47.0 Å². The molecule has 0 fully saturated rings. The molecule has 1 aromatic carbocycles. The molecule has 0 radical (unpaired) electrons. The van der Waals surface area contributed by atoms with Crippen LogP contribution in [0.3, 0.4) is 0 Å². The predicted octanol–water partition coefficient (Wildman–Crippen LogP) is 3.53. The van der Waals surface area contributed by atoms with Gasteiger partial charge in [0.25, 0.3) is 0 Å². The Kier molecular flexibility index (Phi) is 4.56. The SMILES string of the molecule is CNc1cc(C)nc(COc2ccccc2C(C)C)n1. The van der Waals surface area contributed by atoms with Gasteiger partial charge in [-0.3, -0.25) is 0 Å². The van der Waals surface area contributed by atoms with Crippen molar-refractivity contribution in [2.24, 2.45) is 0 Å². The molecule has 4 nitrogen and oxygen atoms in total. The zero-order valence-corrected chi connectivity index (χ0v) is 12.5. The van der Waals surface area contributed by atoms with Crippen molar-refractivity contribution in [3.8, 4) is 5.75 Å². The maximum Gasteiger partial charge on any atom is 0.168 e. The molecule has 0 aliphatic rings. The Labute approximate surface area is 120 Å². The van der Waals surface area contributed by atoms with Crippen molar-refractivity contribution < 1.29 is 4.74 Å². The highest BCUT2D eigenvalue weighted by Crippen LogP contribution is 2.26. The number of hydrogen-bond donors (Lipinski definition) is 1.